The van der Waals surface area contributed by atoms with Crippen molar-refractivity contribution in [2.24, 2.45) is 0 Å². The number of hydrogen-bond acceptors (Lipinski definition) is 2. The minimum absolute atomic E-state index is 0.0398. The van der Waals surface area contributed by atoms with Gasteiger partial charge in [0.25, 0.3) is 0 Å². The number of rotatable bonds is 7. The van der Waals surface area contributed by atoms with Gasteiger partial charge in [0.05, 0.1) is 6.04 Å². The summed E-state index contributed by atoms with van der Waals surface area (Å²) in [6.45, 7) is 8.71. The number of aryl methyl sites for hydroxylation is 1. The van der Waals surface area contributed by atoms with Crippen LogP contribution in [0, 0.1) is 6.92 Å². The lowest BCUT2D eigenvalue weighted by atomic mass is 9.83. The smallest absolute Gasteiger partial charge is 0.109 e. The van der Waals surface area contributed by atoms with Gasteiger partial charge in [-0.05, 0) is 55.7 Å². The van der Waals surface area contributed by atoms with Crippen molar-refractivity contribution >= 4 is 11.6 Å². The van der Waals surface area contributed by atoms with E-state index in [0.29, 0.717) is 6.04 Å². The van der Waals surface area contributed by atoms with Crippen molar-refractivity contribution in [1.82, 2.24) is 5.32 Å². The highest BCUT2D eigenvalue weighted by molar-refractivity contribution is 6.30. The Morgan fingerprint density at radius 3 is 2.15 bits per heavy atom. The van der Waals surface area contributed by atoms with E-state index >= 15 is 0 Å². The molecule has 3 heteroatoms. The Bertz CT molecular complexity index is 852. The molecule has 0 fully saturated rings. The first-order valence-electron chi connectivity index (χ1n) is 9.48. The van der Waals surface area contributed by atoms with Crippen molar-refractivity contribution in [3.05, 3.63) is 94.4 Å². The maximum Gasteiger partial charge on any atom is 0.109 e. The topological polar surface area (TPSA) is 25.2 Å². The first-order chi connectivity index (χ1) is 12.8. The standard InChI is InChI=1S/C24H28ClNO/c1-17(16-24(3,4)22-15-10-18(2)27-22)26-23(19-8-6-5-7-9-19)20-11-13-21(25)14-12-20/h5-15,17,23,26H,16H2,1-4H3. The van der Waals surface area contributed by atoms with Crippen LogP contribution in [0.5, 0.6) is 0 Å². The zero-order valence-corrected chi connectivity index (χ0v) is 17.3. The van der Waals surface area contributed by atoms with E-state index in [2.05, 4.69) is 68.6 Å². The van der Waals surface area contributed by atoms with Gasteiger partial charge in [-0.15, -0.1) is 0 Å². The number of halogens is 1. The van der Waals surface area contributed by atoms with E-state index in [-0.39, 0.29) is 11.5 Å². The van der Waals surface area contributed by atoms with Crippen molar-refractivity contribution in [3.63, 3.8) is 0 Å². The molecular weight excluding hydrogens is 354 g/mol. The summed E-state index contributed by atoms with van der Waals surface area (Å²) in [5.74, 6) is 2.00. The van der Waals surface area contributed by atoms with Crippen molar-refractivity contribution < 1.29 is 4.42 Å². The average Bonchev–Trinajstić information content (AvgIpc) is 3.08. The van der Waals surface area contributed by atoms with Crippen LogP contribution in [-0.4, -0.2) is 6.04 Å². The summed E-state index contributed by atoms with van der Waals surface area (Å²) >= 11 is 6.09. The molecule has 1 aromatic heterocycles. The molecule has 0 saturated heterocycles. The molecule has 27 heavy (non-hydrogen) atoms. The van der Waals surface area contributed by atoms with Gasteiger partial charge in [0.15, 0.2) is 0 Å². The molecule has 2 aromatic carbocycles. The van der Waals surface area contributed by atoms with Crippen LogP contribution in [0.25, 0.3) is 0 Å². The van der Waals surface area contributed by atoms with E-state index in [1.54, 1.807) is 0 Å². The molecule has 2 nitrogen and oxygen atoms in total. The van der Waals surface area contributed by atoms with Crippen molar-refractivity contribution in [2.75, 3.05) is 0 Å². The molecule has 0 aliphatic rings. The molecule has 1 N–H and O–H groups in total. The first-order valence-corrected chi connectivity index (χ1v) is 9.86. The molecule has 1 heterocycles. The van der Waals surface area contributed by atoms with Crippen LogP contribution in [0.3, 0.4) is 0 Å². The number of furan rings is 1. The zero-order chi connectivity index (χ0) is 19.4. The second-order valence-electron chi connectivity index (χ2n) is 7.96. The predicted octanol–water partition coefficient (Wildman–Crippen LogP) is 6.68. The van der Waals surface area contributed by atoms with Gasteiger partial charge < -0.3 is 9.73 Å². The molecule has 0 radical (unpaired) electrons. The van der Waals surface area contributed by atoms with E-state index < -0.39 is 0 Å². The van der Waals surface area contributed by atoms with E-state index in [1.165, 1.54) is 11.1 Å². The quantitative estimate of drug-likeness (QED) is 0.494. The SMILES string of the molecule is Cc1ccc(C(C)(C)CC(C)NC(c2ccccc2)c2ccc(Cl)cc2)o1. The van der Waals surface area contributed by atoms with Gasteiger partial charge in [-0.3, -0.25) is 0 Å². The number of benzene rings is 2. The largest absolute Gasteiger partial charge is 0.466 e. The first kappa shape index (κ1) is 19.7. The van der Waals surface area contributed by atoms with Gasteiger partial charge in [-0.2, -0.15) is 0 Å². The average molecular weight is 382 g/mol. The van der Waals surface area contributed by atoms with Crippen LogP contribution in [0.4, 0.5) is 0 Å². The molecule has 3 rings (SSSR count). The Morgan fingerprint density at radius 2 is 1.56 bits per heavy atom. The molecule has 0 aliphatic carbocycles. The van der Waals surface area contributed by atoms with Crippen molar-refractivity contribution in [2.45, 2.75) is 51.6 Å². The highest BCUT2D eigenvalue weighted by Gasteiger charge is 2.28. The maximum absolute atomic E-state index is 6.09. The fourth-order valence-electron chi connectivity index (χ4n) is 3.69. The third kappa shape index (κ3) is 5.03. The van der Waals surface area contributed by atoms with Gasteiger partial charge in [0.1, 0.15) is 11.5 Å². The van der Waals surface area contributed by atoms with E-state index in [9.17, 15) is 0 Å². The van der Waals surface area contributed by atoms with Crippen molar-refractivity contribution in [3.8, 4) is 0 Å². The summed E-state index contributed by atoms with van der Waals surface area (Å²) in [6.07, 6.45) is 0.969. The fourth-order valence-corrected chi connectivity index (χ4v) is 3.82. The minimum Gasteiger partial charge on any atom is -0.466 e. The molecule has 0 bridgehead atoms. The zero-order valence-electron chi connectivity index (χ0n) is 16.5. The van der Waals surface area contributed by atoms with Gasteiger partial charge >= 0.3 is 0 Å². The number of nitrogens with one attached hydrogen (secondary N) is 1. The third-order valence-electron chi connectivity index (χ3n) is 5.01. The minimum atomic E-state index is -0.0398. The second-order valence-corrected chi connectivity index (χ2v) is 8.40. The molecule has 0 aliphatic heterocycles. The van der Waals surface area contributed by atoms with Crippen LogP contribution in [0.2, 0.25) is 5.02 Å². The highest BCUT2D eigenvalue weighted by Crippen LogP contribution is 2.31. The Kier molecular flexibility index (Phi) is 6.08. The molecule has 2 unspecified atom stereocenters. The molecule has 3 aromatic rings. The van der Waals surface area contributed by atoms with E-state index in [1.807, 2.05) is 31.2 Å². The predicted molar refractivity (Wildman–Crippen MR) is 113 cm³/mol. The lowest BCUT2D eigenvalue weighted by molar-refractivity contribution is 0.313. The molecule has 2 atom stereocenters. The van der Waals surface area contributed by atoms with Gasteiger partial charge in [-0.1, -0.05) is 67.9 Å². The lowest BCUT2D eigenvalue weighted by Crippen LogP contribution is -2.36. The molecule has 142 valence electrons. The van der Waals surface area contributed by atoms with Crippen molar-refractivity contribution in [1.29, 1.82) is 0 Å². The molecule has 0 amide bonds. The second kappa shape index (κ2) is 8.33. The fraction of sp³-hybridized carbons (Fsp3) is 0.333. The van der Waals surface area contributed by atoms with Crippen LogP contribution >= 0.6 is 11.6 Å². The molecular formula is C24H28ClNO. The Hall–Kier alpha value is -2.03. The molecule has 0 saturated carbocycles. The van der Waals surface area contributed by atoms with E-state index in [0.717, 1.165) is 23.0 Å². The van der Waals surface area contributed by atoms with Gasteiger partial charge in [0, 0.05) is 16.5 Å². The summed E-state index contributed by atoms with van der Waals surface area (Å²) < 4.78 is 5.89. The Labute approximate surface area is 167 Å². The summed E-state index contributed by atoms with van der Waals surface area (Å²) in [4.78, 5) is 0. The highest BCUT2D eigenvalue weighted by atomic mass is 35.5. The monoisotopic (exact) mass is 381 g/mol. The lowest BCUT2D eigenvalue weighted by Gasteiger charge is -2.30. The Morgan fingerprint density at radius 1 is 0.926 bits per heavy atom. The maximum atomic E-state index is 6.09. The van der Waals surface area contributed by atoms with E-state index in [4.69, 9.17) is 16.0 Å². The van der Waals surface area contributed by atoms with Crippen LogP contribution < -0.4 is 5.32 Å². The van der Waals surface area contributed by atoms with Gasteiger partial charge in [-0.25, -0.2) is 0 Å². The summed E-state index contributed by atoms with van der Waals surface area (Å²) in [7, 11) is 0. The number of hydrogen-bond donors (Lipinski definition) is 1. The summed E-state index contributed by atoms with van der Waals surface area (Å²) in [5.41, 5.74) is 2.42. The van der Waals surface area contributed by atoms with Crippen LogP contribution in [-0.2, 0) is 5.41 Å². The van der Waals surface area contributed by atoms with Crippen LogP contribution in [0.1, 0.15) is 55.9 Å². The Balaban J connectivity index is 1.80. The molecule has 0 spiro atoms. The third-order valence-corrected chi connectivity index (χ3v) is 5.26. The van der Waals surface area contributed by atoms with Gasteiger partial charge in [0.2, 0.25) is 0 Å². The van der Waals surface area contributed by atoms with Crippen LogP contribution in [0.15, 0.2) is 71.1 Å². The summed E-state index contributed by atoms with van der Waals surface area (Å²) in [5, 5.41) is 4.57. The normalized spacial score (nSPS) is 14.1. The summed E-state index contributed by atoms with van der Waals surface area (Å²) in [6, 6.07) is 23.2.